The maximum Gasteiger partial charge on any atom is 0.226 e. The Morgan fingerprint density at radius 1 is 1.41 bits per heavy atom. The number of thiazole rings is 1. The van der Waals surface area contributed by atoms with Gasteiger partial charge in [0.1, 0.15) is 5.01 Å². The van der Waals surface area contributed by atoms with Gasteiger partial charge in [0.15, 0.2) is 0 Å². The summed E-state index contributed by atoms with van der Waals surface area (Å²) in [5.74, 6) is -0.477. The van der Waals surface area contributed by atoms with Crippen molar-refractivity contribution in [1.82, 2.24) is 4.98 Å². The molecular weight excluding hydrogens is 294 g/mol. The first-order valence-electron chi connectivity index (χ1n) is 7.29. The first kappa shape index (κ1) is 16.2. The lowest BCUT2D eigenvalue weighted by Gasteiger charge is -2.15. The number of nitrogens with zero attached hydrogens (tertiary/aromatic N) is 2. The number of primary amides is 1. The number of carbonyl (C=O) groups is 1. The van der Waals surface area contributed by atoms with E-state index in [0.717, 1.165) is 22.7 Å². The van der Waals surface area contributed by atoms with Gasteiger partial charge in [0, 0.05) is 17.4 Å². The van der Waals surface area contributed by atoms with Gasteiger partial charge < -0.3 is 5.73 Å². The van der Waals surface area contributed by atoms with Gasteiger partial charge >= 0.3 is 0 Å². The highest BCUT2D eigenvalue weighted by molar-refractivity contribution is 7.13. The van der Waals surface area contributed by atoms with Crippen LogP contribution in [-0.2, 0) is 4.79 Å². The molecule has 2 aromatic rings. The molecule has 5 heteroatoms. The Morgan fingerprint density at radius 3 is 2.77 bits per heavy atom. The van der Waals surface area contributed by atoms with Crippen LogP contribution in [0.1, 0.15) is 37.8 Å². The van der Waals surface area contributed by atoms with Gasteiger partial charge in [-0.2, -0.15) is 5.26 Å². The van der Waals surface area contributed by atoms with E-state index in [4.69, 9.17) is 11.0 Å². The van der Waals surface area contributed by atoms with E-state index in [9.17, 15) is 4.79 Å². The van der Waals surface area contributed by atoms with Crippen LogP contribution in [0.2, 0.25) is 0 Å². The van der Waals surface area contributed by atoms with Crippen LogP contribution in [0.15, 0.2) is 35.7 Å². The molecule has 0 aliphatic carbocycles. The lowest BCUT2D eigenvalue weighted by atomic mass is 9.90. The quantitative estimate of drug-likeness (QED) is 0.846. The summed E-state index contributed by atoms with van der Waals surface area (Å²) in [6.07, 6.45) is 1.91. The Labute approximate surface area is 134 Å². The summed E-state index contributed by atoms with van der Waals surface area (Å²) in [6.45, 7) is 2.04. The van der Waals surface area contributed by atoms with Crippen LogP contribution in [0.4, 0.5) is 0 Å². The van der Waals surface area contributed by atoms with Crippen molar-refractivity contribution in [2.45, 2.75) is 32.1 Å². The van der Waals surface area contributed by atoms with Gasteiger partial charge in [-0.15, -0.1) is 11.3 Å². The van der Waals surface area contributed by atoms with Crippen LogP contribution in [0.5, 0.6) is 0 Å². The first-order valence-corrected chi connectivity index (χ1v) is 8.17. The standard InChI is InChI=1S/C17H19N3OS/c1-12(6-5-9-18)10-14(16(19)21)15-11-22-17(20-15)13-7-3-2-4-8-13/h2-4,7-8,11-12,14H,5-6,10H2,1H3,(H2,19,21). The molecule has 2 atom stereocenters. The molecule has 1 heterocycles. The summed E-state index contributed by atoms with van der Waals surface area (Å²) in [4.78, 5) is 16.4. The van der Waals surface area contributed by atoms with Crippen molar-refractivity contribution in [3.8, 4) is 16.6 Å². The van der Waals surface area contributed by atoms with E-state index in [-0.39, 0.29) is 17.7 Å². The van der Waals surface area contributed by atoms with E-state index < -0.39 is 0 Å². The summed E-state index contributed by atoms with van der Waals surface area (Å²) < 4.78 is 0. The second-order valence-corrected chi connectivity index (χ2v) is 6.29. The number of benzene rings is 1. The molecule has 0 aliphatic heterocycles. The minimum atomic E-state index is -0.387. The highest BCUT2D eigenvalue weighted by Crippen LogP contribution is 2.30. The van der Waals surface area contributed by atoms with Crippen molar-refractivity contribution < 1.29 is 4.79 Å². The number of rotatable bonds is 7. The number of aromatic nitrogens is 1. The van der Waals surface area contributed by atoms with Gasteiger partial charge in [-0.3, -0.25) is 4.79 Å². The smallest absolute Gasteiger partial charge is 0.226 e. The van der Waals surface area contributed by atoms with Crippen molar-refractivity contribution in [3.05, 3.63) is 41.4 Å². The molecule has 22 heavy (non-hydrogen) atoms. The van der Waals surface area contributed by atoms with Crippen molar-refractivity contribution in [2.75, 3.05) is 0 Å². The molecule has 0 spiro atoms. The van der Waals surface area contributed by atoms with Crippen LogP contribution < -0.4 is 5.73 Å². The summed E-state index contributed by atoms with van der Waals surface area (Å²) in [6, 6.07) is 12.0. The number of hydrogen-bond donors (Lipinski definition) is 1. The van der Waals surface area contributed by atoms with Gasteiger partial charge in [0.2, 0.25) is 5.91 Å². The SMILES string of the molecule is CC(CCC#N)CC(C(N)=O)c1csc(-c2ccccc2)n1. The second kappa shape index (κ2) is 7.71. The zero-order valence-electron chi connectivity index (χ0n) is 12.5. The molecule has 0 bridgehead atoms. The zero-order chi connectivity index (χ0) is 15.9. The molecule has 0 aliphatic rings. The van der Waals surface area contributed by atoms with E-state index in [0.29, 0.717) is 12.8 Å². The van der Waals surface area contributed by atoms with Crippen LogP contribution in [0.3, 0.4) is 0 Å². The first-order chi connectivity index (χ1) is 10.6. The average molecular weight is 313 g/mol. The van der Waals surface area contributed by atoms with E-state index in [1.165, 1.54) is 11.3 Å². The van der Waals surface area contributed by atoms with Crippen molar-refractivity contribution >= 4 is 17.2 Å². The lowest BCUT2D eigenvalue weighted by Crippen LogP contribution is -2.23. The summed E-state index contributed by atoms with van der Waals surface area (Å²) >= 11 is 1.52. The minimum absolute atomic E-state index is 0.263. The average Bonchev–Trinajstić information content (AvgIpc) is 3.00. The van der Waals surface area contributed by atoms with Crippen molar-refractivity contribution in [3.63, 3.8) is 0 Å². The van der Waals surface area contributed by atoms with Gasteiger partial charge in [-0.1, -0.05) is 37.3 Å². The molecule has 114 valence electrons. The largest absolute Gasteiger partial charge is 0.369 e. The Kier molecular flexibility index (Phi) is 5.68. The molecule has 0 radical (unpaired) electrons. The van der Waals surface area contributed by atoms with Crippen LogP contribution in [0.25, 0.3) is 10.6 Å². The summed E-state index contributed by atoms with van der Waals surface area (Å²) in [5, 5.41) is 11.5. The molecule has 2 N–H and O–H groups in total. The predicted molar refractivity (Wildman–Crippen MR) is 88.1 cm³/mol. The molecule has 1 aromatic carbocycles. The molecule has 1 amide bonds. The van der Waals surface area contributed by atoms with Crippen molar-refractivity contribution in [1.29, 1.82) is 5.26 Å². The highest BCUT2D eigenvalue weighted by atomic mass is 32.1. The Balaban J connectivity index is 2.15. The molecule has 0 saturated carbocycles. The van der Waals surface area contributed by atoms with Gasteiger partial charge in [-0.25, -0.2) is 4.98 Å². The Hall–Kier alpha value is -2.19. The highest BCUT2D eigenvalue weighted by Gasteiger charge is 2.23. The van der Waals surface area contributed by atoms with Gasteiger partial charge in [0.25, 0.3) is 0 Å². The summed E-state index contributed by atoms with van der Waals surface area (Å²) in [5.41, 5.74) is 7.33. The van der Waals surface area contributed by atoms with E-state index >= 15 is 0 Å². The molecule has 2 rings (SSSR count). The minimum Gasteiger partial charge on any atom is -0.369 e. The maximum absolute atomic E-state index is 11.8. The van der Waals surface area contributed by atoms with Crippen LogP contribution in [0, 0.1) is 17.2 Å². The third-order valence-corrected chi connectivity index (χ3v) is 4.54. The Morgan fingerprint density at radius 2 is 2.14 bits per heavy atom. The second-order valence-electron chi connectivity index (χ2n) is 5.44. The fraction of sp³-hybridized carbons (Fsp3) is 0.353. The summed E-state index contributed by atoms with van der Waals surface area (Å²) in [7, 11) is 0. The third-order valence-electron chi connectivity index (χ3n) is 3.63. The number of amides is 1. The number of nitriles is 1. The Bertz CT molecular complexity index is 660. The topological polar surface area (TPSA) is 79.8 Å². The maximum atomic E-state index is 11.8. The number of nitrogens with two attached hydrogens (primary N) is 1. The number of hydrogen-bond acceptors (Lipinski definition) is 4. The lowest BCUT2D eigenvalue weighted by molar-refractivity contribution is -0.119. The van der Waals surface area contributed by atoms with Crippen molar-refractivity contribution in [2.24, 2.45) is 11.7 Å². The monoisotopic (exact) mass is 313 g/mol. The van der Waals surface area contributed by atoms with E-state index in [1.807, 2.05) is 42.6 Å². The van der Waals surface area contributed by atoms with Crippen LogP contribution in [-0.4, -0.2) is 10.9 Å². The van der Waals surface area contributed by atoms with Gasteiger partial charge in [-0.05, 0) is 18.8 Å². The fourth-order valence-electron chi connectivity index (χ4n) is 2.37. The predicted octanol–water partition coefficient (Wildman–Crippen LogP) is 3.71. The molecule has 0 fully saturated rings. The third kappa shape index (κ3) is 4.15. The van der Waals surface area contributed by atoms with Gasteiger partial charge in [0.05, 0.1) is 17.7 Å². The molecule has 4 nitrogen and oxygen atoms in total. The van der Waals surface area contributed by atoms with Crippen LogP contribution >= 0.6 is 11.3 Å². The number of carbonyl (C=O) groups excluding carboxylic acids is 1. The molecule has 2 unspecified atom stereocenters. The molecule has 1 aromatic heterocycles. The normalized spacial score (nSPS) is 13.3. The van der Waals surface area contributed by atoms with E-state index in [1.54, 1.807) is 0 Å². The molecular formula is C17H19N3OS. The van der Waals surface area contributed by atoms with E-state index in [2.05, 4.69) is 11.1 Å². The zero-order valence-corrected chi connectivity index (χ0v) is 13.3. The molecule has 0 saturated heterocycles. The fourth-order valence-corrected chi connectivity index (χ4v) is 3.25.